The van der Waals surface area contributed by atoms with E-state index in [0.717, 1.165) is 6.42 Å². The molecule has 0 bridgehead atoms. The number of nitrogens with two attached hydrogens (primary N) is 1. The number of benzene rings is 1. The fraction of sp³-hybridized carbons (Fsp3) is 0.571. The molecule has 2 rings (SSSR count). The van der Waals surface area contributed by atoms with E-state index in [0.29, 0.717) is 41.2 Å². The average molecular weight is 317 g/mol. The van der Waals surface area contributed by atoms with Gasteiger partial charge in [0.2, 0.25) is 10.0 Å². The lowest BCUT2D eigenvalue weighted by atomic mass is 9.90. The largest absolute Gasteiger partial charge is 0.397 e. The highest BCUT2D eigenvalue weighted by molar-refractivity contribution is 7.89. The second-order valence-electron chi connectivity index (χ2n) is 5.75. The Morgan fingerprint density at radius 2 is 1.95 bits per heavy atom. The average Bonchev–Trinajstić information content (AvgIpc) is 2.36. The van der Waals surface area contributed by atoms with Gasteiger partial charge in [0.05, 0.1) is 15.6 Å². The second-order valence-corrected chi connectivity index (χ2v) is 8.06. The van der Waals surface area contributed by atoms with Gasteiger partial charge in [0, 0.05) is 13.1 Å². The zero-order valence-electron chi connectivity index (χ0n) is 12.1. The van der Waals surface area contributed by atoms with Crippen LogP contribution in [0, 0.1) is 18.8 Å². The lowest BCUT2D eigenvalue weighted by Gasteiger charge is -2.34. The third-order valence-corrected chi connectivity index (χ3v) is 6.54. The minimum Gasteiger partial charge on any atom is -0.397 e. The SMILES string of the molecule is Cc1cc(Cl)c(N)cc1S(=O)(=O)N1CCC(C)C(C)C1. The van der Waals surface area contributed by atoms with Crippen molar-refractivity contribution in [1.29, 1.82) is 0 Å². The molecule has 4 nitrogen and oxygen atoms in total. The van der Waals surface area contributed by atoms with E-state index in [1.165, 1.54) is 6.07 Å². The first kappa shape index (κ1) is 15.6. The van der Waals surface area contributed by atoms with Gasteiger partial charge in [-0.1, -0.05) is 25.4 Å². The van der Waals surface area contributed by atoms with Crippen LogP contribution >= 0.6 is 11.6 Å². The Balaban J connectivity index is 2.38. The highest BCUT2D eigenvalue weighted by Gasteiger charge is 2.32. The molecule has 0 spiro atoms. The van der Waals surface area contributed by atoms with E-state index in [1.54, 1.807) is 17.3 Å². The molecule has 0 saturated carbocycles. The number of nitrogen functional groups attached to an aromatic ring is 1. The number of aryl methyl sites for hydroxylation is 1. The smallest absolute Gasteiger partial charge is 0.243 e. The van der Waals surface area contributed by atoms with Gasteiger partial charge in [-0.05, 0) is 42.9 Å². The summed E-state index contributed by atoms with van der Waals surface area (Å²) in [7, 11) is -3.49. The van der Waals surface area contributed by atoms with E-state index in [-0.39, 0.29) is 4.90 Å². The number of sulfonamides is 1. The third kappa shape index (κ3) is 2.80. The van der Waals surface area contributed by atoms with Gasteiger partial charge in [-0.3, -0.25) is 0 Å². The quantitative estimate of drug-likeness (QED) is 0.853. The Labute approximate surface area is 126 Å². The van der Waals surface area contributed by atoms with Crippen molar-refractivity contribution in [3.8, 4) is 0 Å². The summed E-state index contributed by atoms with van der Waals surface area (Å²) in [5, 5.41) is 0.391. The molecule has 2 atom stereocenters. The van der Waals surface area contributed by atoms with Crippen molar-refractivity contribution in [2.45, 2.75) is 32.1 Å². The highest BCUT2D eigenvalue weighted by atomic mass is 35.5. The minimum atomic E-state index is -3.49. The number of rotatable bonds is 2. The third-order valence-electron chi connectivity index (χ3n) is 4.21. The molecular weight excluding hydrogens is 296 g/mol. The van der Waals surface area contributed by atoms with Crippen LogP contribution in [0.25, 0.3) is 0 Å². The number of anilines is 1. The molecule has 20 heavy (non-hydrogen) atoms. The second kappa shape index (κ2) is 5.54. The van der Waals surface area contributed by atoms with Crippen LogP contribution in [0.2, 0.25) is 5.02 Å². The van der Waals surface area contributed by atoms with Gasteiger partial charge in [-0.15, -0.1) is 0 Å². The van der Waals surface area contributed by atoms with Gasteiger partial charge in [-0.25, -0.2) is 8.42 Å². The molecule has 1 saturated heterocycles. The molecule has 1 aromatic carbocycles. The van der Waals surface area contributed by atoms with Crippen LogP contribution in [0.3, 0.4) is 0 Å². The summed E-state index contributed by atoms with van der Waals surface area (Å²) in [5.41, 5.74) is 6.69. The van der Waals surface area contributed by atoms with Crippen LogP contribution in [0.5, 0.6) is 0 Å². The molecule has 6 heteroatoms. The van der Waals surface area contributed by atoms with E-state index in [9.17, 15) is 8.42 Å². The summed E-state index contributed by atoms with van der Waals surface area (Å²) < 4.78 is 27.1. The van der Waals surface area contributed by atoms with Crippen LogP contribution in [-0.4, -0.2) is 25.8 Å². The fourth-order valence-corrected chi connectivity index (χ4v) is 4.54. The zero-order chi connectivity index (χ0) is 15.1. The van der Waals surface area contributed by atoms with Gasteiger partial charge in [0.15, 0.2) is 0 Å². The topological polar surface area (TPSA) is 63.4 Å². The Morgan fingerprint density at radius 1 is 1.30 bits per heavy atom. The molecule has 0 aromatic heterocycles. The molecule has 0 aliphatic carbocycles. The first-order valence-electron chi connectivity index (χ1n) is 6.79. The van der Waals surface area contributed by atoms with E-state index in [4.69, 9.17) is 17.3 Å². The Hall–Kier alpha value is -0.780. The molecule has 1 aromatic rings. The number of hydrogen-bond donors (Lipinski definition) is 1. The lowest BCUT2D eigenvalue weighted by Crippen LogP contribution is -2.42. The van der Waals surface area contributed by atoms with E-state index in [2.05, 4.69) is 13.8 Å². The first-order valence-corrected chi connectivity index (χ1v) is 8.61. The number of nitrogens with zero attached hydrogens (tertiary/aromatic N) is 1. The van der Waals surface area contributed by atoms with Gasteiger partial charge in [-0.2, -0.15) is 4.31 Å². The van der Waals surface area contributed by atoms with Crippen molar-refractivity contribution >= 4 is 27.3 Å². The normalized spacial score (nSPS) is 24.8. The van der Waals surface area contributed by atoms with Crippen molar-refractivity contribution in [1.82, 2.24) is 4.31 Å². The van der Waals surface area contributed by atoms with Crippen molar-refractivity contribution in [2.75, 3.05) is 18.8 Å². The molecule has 2 N–H and O–H groups in total. The summed E-state index contributed by atoms with van der Waals surface area (Å²) >= 11 is 5.93. The molecular formula is C14H21ClN2O2S. The summed E-state index contributed by atoms with van der Waals surface area (Å²) in [6.45, 7) is 7.13. The summed E-state index contributed by atoms with van der Waals surface area (Å²) in [6.07, 6.45) is 0.891. The van der Waals surface area contributed by atoms with Gasteiger partial charge in [0.25, 0.3) is 0 Å². The first-order chi connectivity index (χ1) is 9.23. The maximum absolute atomic E-state index is 12.8. The predicted molar refractivity (Wildman–Crippen MR) is 82.3 cm³/mol. The Morgan fingerprint density at radius 3 is 2.55 bits per heavy atom. The van der Waals surface area contributed by atoms with Crippen LogP contribution in [-0.2, 0) is 10.0 Å². The number of piperidine rings is 1. The van der Waals surface area contributed by atoms with Crippen LogP contribution in [0.15, 0.2) is 17.0 Å². The van der Waals surface area contributed by atoms with Crippen LogP contribution in [0.4, 0.5) is 5.69 Å². The highest BCUT2D eigenvalue weighted by Crippen LogP contribution is 2.31. The van der Waals surface area contributed by atoms with Gasteiger partial charge >= 0.3 is 0 Å². The molecule has 0 radical (unpaired) electrons. The molecule has 1 fully saturated rings. The van der Waals surface area contributed by atoms with Crippen molar-refractivity contribution < 1.29 is 8.42 Å². The summed E-state index contributed by atoms with van der Waals surface area (Å²) in [6, 6.07) is 3.08. The van der Waals surface area contributed by atoms with Crippen molar-refractivity contribution in [3.63, 3.8) is 0 Å². The van der Waals surface area contributed by atoms with E-state index < -0.39 is 10.0 Å². The standard InChI is InChI=1S/C14H21ClN2O2S/c1-9-4-5-17(8-11(9)3)20(18,19)14-7-13(16)12(15)6-10(14)2/h6-7,9,11H,4-5,8,16H2,1-3H3. The molecule has 112 valence electrons. The maximum Gasteiger partial charge on any atom is 0.243 e. The summed E-state index contributed by atoms with van der Waals surface area (Å²) in [4.78, 5) is 0.265. The molecule has 1 heterocycles. The Bertz CT molecular complexity index is 616. The molecule has 2 unspecified atom stereocenters. The maximum atomic E-state index is 12.8. The molecule has 1 aliphatic heterocycles. The predicted octanol–water partition coefficient (Wildman–Crippen LogP) is 2.90. The lowest BCUT2D eigenvalue weighted by molar-refractivity contribution is 0.212. The molecule has 1 aliphatic rings. The van der Waals surface area contributed by atoms with E-state index in [1.807, 2.05) is 0 Å². The number of halogens is 1. The zero-order valence-corrected chi connectivity index (χ0v) is 13.6. The monoisotopic (exact) mass is 316 g/mol. The number of hydrogen-bond acceptors (Lipinski definition) is 3. The van der Waals surface area contributed by atoms with Gasteiger partial charge in [0.1, 0.15) is 0 Å². The Kier molecular flexibility index (Phi) is 4.33. The van der Waals surface area contributed by atoms with Gasteiger partial charge < -0.3 is 5.73 Å². The minimum absolute atomic E-state index is 0.265. The summed E-state index contributed by atoms with van der Waals surface area (Å²) in [5.74, 6) is 0.918. The van der Waals surface area contributed by atoms with Crippen molar-refractivity contribution in [2.24, 2.45) is 11.8 Å². The van der Waals surface area contributed by atoms with E-state index >= 15 is 0 Å². The van der Waals surface area contributed by atoms with Crippen LogP contribution in [0.1, 0.15) is 25.8 Å². The molecule has 0 amide bonds. The van der Waals surface area contributed by atoms with Crippen molar-refractivity contribution in [3.05, 3.63) is 22.7 Å². The van der Waals surface area contributed by atoms with Crippen LogP contribution < -0.4 is 5.73 Å². The fourth-order valence-electron chi connectivity index (χ4n) is 2.53.